The second-order valence-corrected chi connectivity index (χ2v) is 6.09. The molecule has 0 aromatic carbocycles. The van der Waals surface area contributed by atoms with E-state index >= 15 is 0 Å². The quantitative estimate of drug-likeness (QED) is 0.797. The van der Waals surface area contributed by atoms with Crippen LogP contribution in [-0.4, -0.2) is 34.3 Å². The largest absolute Gasteiger partial charge is 0.329 e. The summed E-state index contributed by atoms with van der Waals surface area (Å²) in [5.74, 6) is 0.647. The predicted octanol–water partition coefficient (Wildman–Crippen LogP) is 2.64. The minimum absolute atomic E-state index is 0.647. The molecule has 0 spiro atoms. The maximum Gasteiger partial charge on any atom is 0.0767 e. The van der Waals surface area contributed by atoms with Gasteiger partial charge in [0.25, 0.3) is 0 Å². The number of halogens is 1. The third-order valence-electron chi connectivity index (χ3n) is 3.14. The number of nitrogens with zero attached hydrogens (tertiary/aromatic N) is 3. The molecule has 0 saturated carbocycles. The summed E-state index contributed by atoms with van der Waals surface area (Å²) in [6, 6.07) is 0. The SMILES string of the molecule is CCc1nn(CC)c(CN(CCN)CC(C)C)c1Br. The lowest BCUT2D eigenvalue weighted by molar-refractivity contribution is 0.235. The van der Waals surface area contributed by atoms with Crippen LogP contribution in [0.3, 0.4) is 0 Å². The number of rotatable bonds is 8. The average Bonchev–Trinajstić information content (AvgIpc) is 2.66. The Morgan fingerprint density at radius 2 is 2.05 bits per heavy atom. The molecule has 1 aromatic heterocycles. The third kappa shape index (κ3) is 4.58. The Morgan fingerprint density at radius 1 is 1.37 bits per heavy atom. The molecule has 0 radical (unpaired) electrons. The molecule has 0 fully saturated rings. The summed E-state index contributed by atoms with van der Waals surface area (Å²) in [4.78, 5) is 2.41. The van der Waals surface area contributed by atoms with Crippen molar-refractivity contribution in [2.75, 3.05) is 19.6 Å². The first-order chi connectivity index (χ1) is 9.03. The van der Waals surface area contributed by atoms with Gasteiger partial charge in [0.15, 0.2) is 0 Å². The van der Waals surface area contributed by atoms with Gasteiger partial charge < -0.3 is 5.73 Å². The van der Waals surface area contributed by atoms with Gasteiger partial charge in [0.2, 0.25) is 0 Å². The van der Waals surface area contributed by atoms with Crippen molar-refractivity contribution in [1.29, 1.82) is 0 Å². The molecule has 0 aliphatic rings. The fraction of sp³-hybridized carbons (Fsp3) is 0.786. The van der Waals surface area contributed by atoms with Crippen LogP contribution in [0.15, 0.2) is 4.47 Å². The van der Waals surface area contributed by atoms with Crippen LogP contribution in [0, 0.1) is 5.92 Å². The maximum absolute atomic E-state index is 5.72. The van der Waals surface area contributed by atoms with Crippen molar-refractivity contribution in [3.63, 3.8) is 0 Å². The van der Waals surface area contributed by atoms with Crippen molar-refractivity contribution in [2.24, 2.45) is 11.7 Å². The lowest BCUT2D eigenvalue weighted by atomic mass is 10.2. The zero-order valence-electron chi connectivity index (χ0n) is 12.6. The van der Waals surface area contributed by atoms with Crippen LogP contribution in [0.4, 0.5) is 0 Å². The summed E-state index contributed by atoms with van der Waals surface area (Å²) in [5, 5.41) is 4.65. The number of aromatic nitrogens is 2. The highest BCUT2D eigenvalue weighted by molar-refractivity contribution is 9.10. The molecule has 0 amide bonds. The molecule has 2 N–H and O–H groups in total. The first-order valence-electron chi connectivity index (χ1n) is 7.19. The van der Waals surface area contributed by atoms with Crippen LogP contribution in [0.25, 0.3) is 0 Å². The van der Waals surface area contributed by atoms with Gasteiger partial charge >= 0.3 is 0 Å². The molecule has 1 aromatic rings. The third-order valence-corrected chi connectivity index (χ3v) is 4.05. The molecule has 5 heteroatoms. The Bertz CT molecular complexity index is 387. The van der Waals surface area contributed by atoms with Crippen molar-refractivity contribution < 1.29 is 0 Å². The lowest BCUT2D eigenvalue weighted by Gasteiger charge is -2.24. The molecule has 0 aliphatic carbocycles. The number of nitrogens with two attached hydrogens (primary N) is 1. The Labute approximate surface area is 125 Å². The number of hydrogen-bond acceptors (Lipinski definition) is 3. The highest BCUT2D eigenvalue weighted by atomic mass is 79.9. The van der Waals surface area contributed by atoms with Gasteiger partial charge in [0.05, 0.1) is 15.9 Å². The second kappa shape index (κ2) is 8.02. The summed E-state index contributed by atoms with van der Waals surface area (Å²) >= 11 is 3.71. The molecule has 110 valence electrons. The molecule has 0 aliphatic heterocycles. The molecule has 19 heavy (non-hydrogen) atoms. The molecule has 1 heterocycles. The lowest BCUT2D eigenvalue weighted by Crippen LogP contribution is -2.33. The second-order valence-electron chi connectivity index (χ2n) is 5.29. The fourth-order valence-electron chi connectivity index (χ4n) is 2.31. The highest BCUT2D eigenvalue weighted by Gasteiger charge is 2.17. The molecule has 0 atom stereocenters. The molecule has 0 bridgehead atoms. The van der Waals surface area contributed by atoms with Crippen molar-refractivity contribution in [1.82, 2.24) is 14.7 Å². The van der Waals surface area contributed by atoms with Crippen molar-refractivity contribution >= 4 is 15.9 Å². The predicted molar refractivity (Wildman–Crippen MR) is 84.1 cm³/mol. The molecule has 4 nitrogen and oxygen atoms in total. The standard InChI is InChI=1S/C14H27BrN4/c1-5-12-14(15)13(19(6-2)17-12)10-18(8-7-16)9-11(3)4/h11H,5-10,16H2,1-4H3. The monoisotopic (exact) mass is 330 g/mol. The van der Waals surface area contributed by atoms with Crippen LogP contribution in [-0.2, 0) is 19.5 Å². The van der Waals surface area contributed by atoms with E-state index < -0.39 is 0 Å². The van der Waals surface area contributed by atoms with E-state index in [1.807, 2.05) is 0 Å². The van der Waals surface area contributed by atoms with Gasteiger partial charge in [0, 0.05) is 32.7 Å². The summed E-state index contributed by atoms with van der Waals surface area (Å²) < 4.78 is 3.27. The Hall–Kier alpha value is -0.390. The minimum Gasteiger partial charge on any atom is -0.329 e. The van der Waals surface area contributed by atoms with E-state index in [2.05, 4.69) is 58.3 Å². The van der Waals surface area contributed by atoms with Crippen LogP contribution in [0.2, 0.25) is 0 Å². The number of aryl methyl sites for hydroxylation is 2. The number of hydrogen-bond donors (Lipinski definition) is 1. The zero-order valence-corrected chi connectivity index (χ0v) is 14.2. The van der Waals surface area contributed by atoms with E-state index in [0.717, 1.165) is 38.3 Å². The van der Waals surface area contributed by atoms with Crippen LogP contribution in [0.5, 0.6) is 0 Å². The van der Waals surface area contributed by atoms with Crippen LogP contribution >= 0.6 is 15.9 Å². The van der Waals surface area contributed by atoms with Gasteiger partial charge in [-0.05, 0) is 35.2 Å². The summed E-state index contributed by atoms with van der Waals surface area (Å²) in [6.45, 7) is 13.3. The molecule has 0 unspecified atom stereocenters. The Balaban J connectivity index is 2.91. The van der Waals surface area contributed by atoms with E-state index in [9.17, 15) is 0 Å². The van der Waals surface area contributed by atoms with Crippen molar-refractivity contribution in [3.05, 3.63) is 15.9 Å². The van der Waals surface area contributed by atoms with Gasteiger partial charge in [-0.1, -0.05) is 20.8 Å². The average molecular weight is 331 g/mol. The summed E-state index contributed by atoms with van der Waals surface area (Å²) in [6.07, 6.45) is 0.960. The van der Waals surface area contributed by atoms with E-state index in [4.69, 9.17) is 5.73 Å². The normalized spacial score (nSPS) is 11.8. The summed E-state index contributed by atoms with van der Waals surface area (Å²) in [7, 11) is 0. The zero-order chi connectivity index (χ0) is 14.4. The summed E-state index contributed by atoms with van der Waals surface area (Å²) in [5.41, 5.74) is 8.14. The topological polar surface area (TPSA) is 47.1 Å². The van der Waals surface area contributed by atoms with E-state index in [-0.39, 0.29) is 0 Å². The fourth-order valence-corrected chi connectivity index (χ4v) is 3.00. The van der Waals surface area contributed by atoms with Gasteiger partial charge in [-0.25, -0.2) is 0 Å². The highest BCUT2D eigenvalue weighted by Crippen LogP contribution is 2.23. The van der Waals surface area contributed by atoms with Gasteiger partial charge in [-0.3, -0.25) is 9.58 Å². The molecule has 1 rings (SSSR count). The van der Waals surface area contributed by atoms with Crippen molar-refractivity contribution in [3.8, 4) is 0 Å². The molecular formula is C14H27BrN4. The van der Waals surface area contributed by atoms with Crippen molar-refractivity contribution in [2.45, 2.75) is 47.2 Å². The Kier molecular flexibility index (Phi) is 7.04. The van der Waals surface area contributed by atoms with E-state index in [1.54, 1.807) is 0 Å². The van der Waals surface area contributed by atoms with Crippen LogP contribution < -0.4 is 5.73 Å². The molecular weight excluding hydrogens is 304 g/mol. The first kappa shape index (κ1) is 16.7. The van der Waals surface area contributed by atoms with Crippen LogP contribution in [0.1, 0.15) is 39.1 Å². The van der Waals surface area contributed by atoms with Gasteiger partial charge in [0.1, 0.15) is 0 Å². The Morgan fingerprint density at radius 3 is 2.53 bits per heavy atom. The smallest absolute Gasteiger partial charge is 0.0767 e. The minimum atomic E-state index is 0.647. The molecule has 0 saturated heterocycles. The van der Waals surface area contributed by atoms with Gasteiger partial charge in [-0.15, -0.1) is 0 Å². The first-order valence-corrected chi connectivity index (χ1v) is 7.99. The maximum atomic E-state index is 5.72. The van der Waals surface area contributed by atoms with Gasteiger partial charge in [-0.2, -0.15) is 5.10 Å². The van der Waals surface area contributed by atoms with E-state index in [1.165, 1.54) is 10.2 Å². The van der Waals surface area contributed by atoms with E-state index in [0.29, 0.717) is 12.5 Å².